The number of rotatable bonds is 5. The van der Waals surface area contributed by atoms with Gasteiger partial charge in [-0.3, -0.25) is 0 Å². The van der Waals surface area contributed by atoms with Crippen LogP contribution in [0.15, 0.2) is 53.5 Å². The number of tetrazole rings is 1. The van der Waals surface area contributed by atoms with Gasteiger partial charge < -0.3 is 4.74 Å². The van der Waals surface area contributed by atoms with E-state index in [1.807, 2.05) is 43.3 Å². The highest BCUT2D eigenvalue weighted by molar-refractivity contribution is 7.20. The van der Waals surface area contributed by atoms with Crippen LogP contribution in [0.3, 0.4) is 0 Å². The summed E-state index contributed by atoms with van der Waals surface area (Å²) in [5, 5.41) is 13.6. The number of benzene rings is 2. The number of aryl methyl sites for hydroxylation is 2. The summed E-state index contributed by atoms with van der Waals surface area (Å²) in [5.74, 6) is 0.443. The van der Waals surface area contributed by atoms with Gasteiger partial charge in [0.15, 0.2) is 0 Å². The first kappa shape index (κ1) is 19.5. The zero-order chi connectivity index (χ0) is 21.5. The van der Waals surface area contributed by atoms with Crippen molar-refractivity contribution in [1.82, 2.24) is 34.6 Å². The van der Waals surface area contributed by atoms with Gasteiger partial charge in [-0.25, -0.2) is 14.5 Å². The topological polar surface area (TPSA) is 92.7 Å². The number of thiazole rings is 1. The van der Waals surface area contributed by atoms with E-state index < -0.39 is 0 Å². The van der Waals surface area contributed by atoms with Gasteiger partial charge in [-0.2, -0.15) is 9.36 Å². The van der Waals surface area contributed by atoms with Crippen molar-refractivity contribution < 1.29 is 4.74 Å². The molecule has 3 aromatic heterocycles. The third-order valence-corrected chi connectivity index (χ3v) is 6.06. The van der Waals surface area contributed by atoms with Crippen molar-refractivity contribution in [2.45, 2.75) is 13.5 Å². The fourth-order valence-corrected chi connectivity index (χ4v) is 4.21. The van der Waals surface area contributed by atoms with E-state index in [2.05, 4.69) is 20.5 Å². The highest BCUT2D eigenvalue weighted by atomic mass is 35.5. The Morgan fingerprint density at radius 1 is 1.16 bits per heavy atom. The van der Waals surface area contributed by atoms with Crippen molar-refractivity contribution in [3.05, 3.63) is 75.3 Å². The number of ether oxygens (including phenoxy) is 1. The number of fused-ring (bicyclic) bond motifs is 1. The Morgan fingerprint density at radius 3 is 2.84 bits per heavy atom. The molecule has 3 heterocycles. The van der Waals surface area contributed by atoms with Crippen LogP contribution in [0.25, 0.3) is 21.0 Å². The Kier molecular flexibility index (Phi) is 4.79. The van der Waals surface area contributed by atoms with Gasteiger partial charge in [-0.05, 0) is 47.2 Å². The summed E-state index contributed by atoms with van der Waals surface area (Å²) in [4.78, 5) is 16.9. The maximum absolute atomic E-state index is 12.3. The van der Waals surface area contributed by atoms with E-state index in [0.717, 1.165) is 26.5 Å². The van der Waals surface area contributed by atoms with E-state index in [1.54, 1.807) is 24.0 Å². The minimum atomic E-state index is -0.327. The van der Waals surface area contributed by atoms with Crippen LogP contribution in [0.1, 0.15) is 11.1 Å². The molecule has 11 heteroatoms. The number of hydrogen-bond donors (Lipinski definition) is 0. The van der Waals surface area contributed by atoms with E-state index in [1.165, 1.54) is 20.7 Å². The molecule has 2 aromatic carbocycles. The third-order valence-electron chi connectivity index (χ3n) is 4.80. The Labute approximate surface area is 185 Å². The Morgan fingerprint density at radius 2 is 2.03 bits per heavy atom. The molecule has 0 unspecified atom stereocenters. The first-order valence-corrected chi connectivity index (χ1v) is 10.5. The van der Waals surface area contributed by atoms with Crippen molar-refractivity contribution >= 4 is 33.2 Å². The lowest BCUT2D eigenvalue weighted by Gasteiger charge is -2.11. The maximum Gasteiger partial charge on any atom is 0.368 e. The molecule has 31 heavy (non-hydrogen) atoms. The molecule has 0 amide bonds. The Bertz CT molecular complexity index is 1470. The monoisotopic (exact) mass is 453 g/mol. The molecule has 0 N–H and O–H groups in total. The predicted molar refractivity (Wildman–Crippen MR) is 117 cm³/mol. The lowest BCUT2D eigenvalue weighted by atomic mass is 10.1. The van der Waals surface area contributed by atoms with Crippen molar-refractivity contribution in [2.75, 3.05) is 0 Å². The molecule has 156 valence electrons. The van der Waals surface area contributed by atoms with Crippen LogP contribution in [0.4, 0.5) is 0 Å². The number of aromatic nitrogens is 7. The van der Waals surface area contributed by atoms with Gasteiger partial charge in [0.25, 0.3) is 0 Å². The van der Waals surface area contributed by atoms with E-state index in [4.69, 9.17) is 16.3 Å². The molecule has 9 nitrogen and oxygen atoms in total. The van der Waals surface area contributed by atoms with Crippen LogP contribution in [-0.4, -0.2) is 34.6 Å². The molecule has 0 spiro atoms. The average molecular weight is 454 g/mol. The summed E-state index contributed by atoms with van der Waals surface area (Å²) in [6.45, 7) is 2.17. The van der Waals surface area contributed by atoms with E-state index in [9.17, 15) is 4.79 Å². The Balaban J connectivity index is 1.41. The second-order valence-electron chi connectivity index (χ2n) is 6.87. The fourth-order valence-electron chi connectivity index (χ4n) is 3.16. The lowest BCUT2D eigenvalue weighted by molar-refractivity contribution is 0.290. The zero-order valence-electron chi connectivity index (χ0n) is 16.6. The van der Waals surface area contributed by atoms with Crippen LogP contribution in [-0.2, 0) is 13.7 Å². The summed E-state index contributed by atoms with van der Waals surface area (Å²) >= 11 is 7.56. The molecule has 0 aliphatic carbocycles. The standard InChI is InChI=1S/C20H16ClN7O2S/c1-12-4-3-5-16(28-20(29)26(2)24-25-28)14(12)11-30-18-8-9-27(23-18)19-22-15-10-13(21)6-7-17(15)31-19/h3-10H,11H2,1-2H3. The minimum Gasteiger partial charge on any atom is -0.472 e. The third kappa shape index (κ3) is 3.60. The molecule has 0 atom stereocenters. The first-order valence-electron chi connectivity index (χ1n) is 9.32. The van der Waals surface area contributed by atoms with Gasteiger partial charge in [0.1, 0.15) is 6.61 Å². The zero-order valence-corrected chi connectivity index (χ0v) is 18.1. The van der Waals surface area contributed by atoms with Gasteiger partial charge in [-0.15, -0.1) is 5.10 Å². The molecule has 0 bridgehead atoms. The predicted octanol–water partition coefficient (Wildman–Crippen LogP) is 3.30. The fraction of sp³-hybridized carbons (Fsp3) is 0.150. The van der Waals surface area contributed by atoms with E-state index in [0.29, 0.717) is 16.6 Å². The minimum absolute atomic E-state index is 0.220. The molecule has 0 saturated heterocycles. The van der Waals surface area contributed by atoms with Crippen molar-refractivity contribution in [2.24, 2.45) is 7.05 Å². The van der Waals surface area contributed by atoms with Gasteiger partial charge in [0, 0.05) is 29.9 Å². The second kappa shape index (κ2) is 7.64. The van der Waals surface area contributed by atoms with Gasteiger partial charge in [-0.1, -0.05) is 35.1 Å². The van der Waals surface area contributed by atoms with Gasteiger partial charge >= 0.3 is 5.69 Å². The number of nitrogens with zero attached hydrogens (tertiary/aromatic N) is 7. The van der Waals surface area contributed by atoms with Gasteiger partial charge in [0.05, 0.1) is 15.9 Å². The lowest BCUT2D eigenvalue weighted by Crippen LogP contribution is -2.23. The molecule has 0 fully saturated rings. The SMILES string of the molecule is Cc1cccc(-n2nnn(C)c2=O)c1COc1ccn(-c2nc3cc(Cl)ccc3s2)n1. The van der Waals surface area contributed by atoms with Crippen molar-refractivity contribution in [3.63, 3.8) is 0 Å². The summed E-state index contributed by atoms with van der Waals surface area (Å²) < 4.78 is 11.1. The molecule has 0 aliphatic rings. The number of hydrogen-bond acceptors (Lipinski definition) is 7. The largest absolute Gasteiger partial charge is 0.472 e. The van der Waals surface area contributed by atoms with Crippen molar-refractivity contribution in [1.29, 1.82) is 0 Å². The molecule has 5 aromatic rings. The van der Waals surface area contributed by atoms with Crippen LogP contribution >= 0.6 is 22.9 Å². The highest BCUT2D eigenvalue weighted by Gasteiger charge is 2.15. The second-order valence-corrected chi connectivity index (χ2v) is 8.31. The summed E-state index contributed by atoms with van der Waals surface area (Å²) in [5.41, 5.74) is 2.92. The normalized spacial score (nSPS) is 11.3. The molecular weight excluding hydrogens is 438 g/mol. The average Bonchev–Trinajstić information content (AvgIpc) is 3.46. The van der Waals surface area contributed by atoms with E-state index in [-0.39, 0.29) is 12.3 Å². The molecule has 0 saturated carbocycles. The summed E-state index contributed by atoms with van der Waals surface area (Å²) in [6, 6.07) is 13.0. The maximum atomic E-state index is 12.3. The summed E-state index contributed by atoms with van der Waals surface area (Å²) in [6.07, 6.45) is 1.79. The first-order chi connectivity index (χ1) is 15.0. The van der Waals surface area contributed by atoms with Crippen LogP contribution in [0, 0.1) is 6.92 Å². The molecule has 0 radical (unpaired) electrons. The van der Waals surface area contributed by atoms with Crippen molar-refractivity contribution in [3.8, 4) is 16.7 Å². The molecule has 0 aliphatic heterocycles. The van der Waals surface area contributed by atoms with Crippen LogP contribution < -0.4 is 10.4 Å². The smallest absolute Gasteiger partial charge is 0.368 e. The van der Waals surface area contributed by atoms with Crippen LogP contribution in [0.5, 0.6) is 5.88 Å². The molecule has 5 rings (SSSR count). The van der Waals surface area contributed by atoms with E-state index >= 15 is 0 Å². The van der Waals surface area contributed by atoms with Crippen LogP contribution in [0.2, 0.25) is 5.02 Å². The highest BCUT2D eigenvalue weighted by Crippen LogP contribution is 2.27. The Hall–Kier alpha value is -3.50. The quantitative estimate of drug-likeness (QED) is 0.405. The summed E-state index contributed by atoms with van der Waals surface area (Å²) in [7, 11) is 1.56. The van der Waals surface area contributed by atoms with Gasteiger partial charge in [0.2, 0.25) is 11.0 Å². The molecular formula is C20H16ClN7O2S. The number of halogens is 1.